The molecule has 0 spiro atoms. The summed E-state index contributed by atoms with van der Waals surface area (Å²) in [6, 6.07) is 0. The van der Waals surface area contributed by atoms with E-state index >= 15 is 0 Å². The molecule has 0 aliphatic carbocycles. The van der Waals surface area contributed by atoms with Crippen molar-refractivity contribution in [2.45, 2.75) is 96.8 Å². The van der Waals surface area contributed by atoms with Crippen molar-refractivity contribution >= 4 is 6.16 Å². The van der Waals surface area contributed by atoms with Gasteiger partial charge in [-0.05, 0) is 32.4 Å². The van der Waals surface area contributed by atoms with Crippen molar-refractivity contribution < 1.29 is 14.4 Å². The van der Waals surface area contributed by atoms with Crippen LogP contribution in [-0.2, 0) is 9.57 Å². The molecule has 0 saturated heterocycles. The van der Waals surface area contributed by atoms with Crippen molar-refractivity contribution in [2.75, 3.05) is 32.8 Å². The molecule has 0 fully saturated rings. The summed E-state index contributed by atoms with van der Waals surface area (Å²) in [5, 5.41) is 1.69. The number of unbranched alkanes of at least 4 members (excludes halogenated alkanes) is 11. The van der Waals surface area contributed by atoms with Crippen LogP contribution >= 0.6 is 0 Å². The van der Waals surface area contributed by atoms with Gasteiger partial charge in [-0.2, -0.15) is 0 Å². The van der Waals surface area contributed by atoms with E-state index in [4.69, 9.17) is 21.0 Å². The number of nitrogens with zero attached hydrogens (tertiary/aromatic N) is 1. The third kappa shape index (κ3) is 19.7. The second-order valence-corrected chi connectivity index (χ2v) is 7.29. The van der Waals surface area contributed by atoms with Crippen LogP contribution in [0.2, 0.25) is 0 Å². The van der Waals surface area contributed by atoms with Gasteiger partial charge in [0.25, 0.3) is 0 Å². The molecule has 6 heteroatoms. The maximum absolute atomic E-state index is 11.7. The number of hydroxylamine groups is 2. The van der Waals surface area contributed by atoms with Crippen LogP contribution in [0, 0.1) is 0 Å². The lowest BCUT2D eigenvalue weighted by Crippen LogP contribution is -2.31. The Morgan fingerprint density at radius 3 is 1.70 bits per heavy atom. The summed E-state index contributed by atoms with van der Waals surface area (Å²) in [5.74, 6) is 0. The summed E-state index contributed by atoms with van der Waals surface area (Å²) >= 11 is 0. The second-order valence-electron chi connectivity index (χ2n) is 7.29. The van der Waals surface area contributed by atoms with E-state index in [9.17, 15) is 4.79 Å². The molecule has 0 aliphatic heterocycles. The van der Waals surface area contributed by atoms with E-state index < -0.39 is 6.16 Å². The minimum Gasteiger partial charge on any atom is -0.433 e. The number of ether oxygens (including phenoxy) is 1. The van der Waals surface area contributed by atoms with Gasteiger partial charge in [0.1, 0.15) is 0 Å². The average Bonchev–Trinajstić information content (AvgIpc) is 2.67. The first-order valence-corrected chi connectivity index (χ1v) is 11.2. The molecule has 0 aliphatic rings. The zero-order valence-corrected chi connectivity index (χ0v) is 17.8. The number of carbonyl (C=O) groups is 1. The van der Waals surface area contributed by atoms with Crippen LogP contribution in [0.25, 0.3) is 0 Å². The van der Waals surface area contributed by atoms with Crippen molar-refractivity contribution in [1.82, 2.24) is 5.06 Å². The molecule has 0 heterocycles. The standard InChI is InChI=1S/C21H45N3O3/c1-2-3-4-5-6-7-8-9-10-11-12-13-18-24(19-14-16-22)27-21(25)26-20-15-17-23/h2-20,22-23H2,1H3. The lowest BCUT2D eigenvalue weighted by atomic mass is 10.1. The van der Waals surface area contributed by atoms with E-state index in [1.807, 2.05) is 0 Å². The number of nitrogens with two attached hydrogens (primary N) is 2. The molecule has 0 amide bonds. The summed E-state index contributed by atoms with van der Waals surface area (Å²) in [6.07, 6.45) is 16.6. The molecule has 6 nitrogen and oxygen atoms in total. The Bertz CT molecular complexity index is 317. The summed E-state index contributed by atoms with van der Waals surface area (Å²) in [6.45, 7) is 5.05. The molecule has 0 bridgehead atoms. The van der Waals surface area contributed by atoms with Crippen molar-refractivity contribution in [2.24, 2.45) is 11.5 Å². The third-order valence-electron chi connectivity index (χ3n) is 4.64. The van der Waals surface area contributed by atoms with Crippen molar-refractivity contribution in [1.29, 1.82) is 0 Å². The van der Waals surface area contributed by atoms with Gasteiger partial charge in [-0.1, -0.05) is 77.6 Å². The van der Waals surface area contributed by atoms with Gasteiger partial charge in [0.2, 0.25) is 0 Å². The molecule has 0 atom stereocenters. The summed E-state index contributed by atoms with van der Waals surface area (Å²) in [4.78, 5) is 16.9. The number of carbonyl (C=O) groups excluding carboxylic acids is 1. The molecule has 0 radical (unpaired) electrons. The topological polar surface area (TPSA) is 90.8 Å². The van der Waals surface area contributed by atoms with Crippen LogP contribution in [-0.4, -0.2) is 44.0 Å². The van der Waals surface area contributed by atoms with Crippen molar-refractivity contribution in [3.63, 3.8) is 0 Å². The first-order valence-electron chi connectivity index (χ1n) is 11.2. The molecule has 162 valence electrons. The minimum atomic E-state index is -0.639. The fraction of sp³-hybridized carbons (Fsp3) is 0.952. The normalized spacial score (nSPS) is 11.1. The van der Waals surface area contributed by atoms with Crippen LogP contribution in [0.1, 0.15) is 96.8 Å². The molecular weight excluding hydrogens is 342 g/mol. The van der Waals surface area contributed by atoms with Gasteiger partial charge >= 0.3 is 6.16 Å². The van der Waals surface area contributed by atoms with Crippen molar-refractivity contribution in [3.05, 3.63) is 0 Å². The Morgan fingerprint density at radius 2 is 1.19 bits per heavy atom. The fourth-order valence-corrected chi connectivity index (χ4v) is 2.97. The number of rotatable bonds is 20. The maximum Gasteiger partial charge on any atom is 0.527 e. The summed E-state index contributed by atoms with van der Waals surface area (Å²) < 4.78 is 4.99. The highest BCUT2D eigenvalue weighted by Crippen LogP contribution is 2.12. The van der Waals surface area contributed by atoms with Gasteiger partial charge in [-0.3, -0.25) is 0 Å². The molecule has 0 unspecified atom stereocenters. The zero-order valence-electron chi connectivity index (χ0n) is 17.8. The van der Waals surface area contributed by atoms with Crippen molar-refractivity contribution in [3.8, 4) is 0 Å². The minimum absolute atomic E-state index is 0.304. The van der Waals surface area contributed by atoms with E-state index in [1.165, 1.54) is 70.6 Å². The number of hydrogen-bond donors (Lipinski definition) is 2. The average molecular weight is 388 g/mol. The van der Waals surface area contributed by atoms with Crippen LogP contribution < -0.4 is 11.5 Å². The quantitative estimate of drug-likeness (QED) is 0.178. The molecular formula is C21H45N3O3. The first kappa shape index (κ1) is 26.1. The van der Waals surface area contributed by atoms with Gasteiger partial charge < -0.3 is 21.0 Å². The first-order chi connectivity index (χ1) is 13.2. The van der Waals surface area contributed by atoms with Gasteiger partial charge in [-0.15, -0.1) is 5.06 Å². The molecule has 0 rings (SSSR count). The second kappa shape index (κ2) is 21.5. The zero-order chi connectivity index (χ0) is 20.0. The highest BCUT2D eigenvalue weighted by molar-refractivity contribution is 5.59. The lowest BCUT2D eigenvalue weighted by Gasteiger charge is -2.20. The Balaban J connectivity index is 3.62. The largest absolute Gasteiger partial charge is 0.527 e. The van der Waals surface area contributed by atoms with E-state index in [-0.39, 0.29) is 0 Å². The van der Waals surface area contributed by atoms with Gasteiger partial charge in [0, 0.05) is 13.1 Å². The molecule has 0 aromatic heterocycles. The van der Waals surface area contributed by atoms with Crippen LogP contribution in [0.4, 0.5) is 4.79 Å². The van der Waals surface area contributed by atoms with Crippen LogP contribution in [0.3, 0.4) is 0 Å². The predicted molar refractivity (Wildman–Crippen MR) is 112 cm³/mol. The fourth-order valence-electron chi connectivity index (χ4n) is 2.97. The Kier molecular flexibility index (Phi) is 20.8. The van der Waals surface area contributed by atoms with Gasteiger partial charge in [0.15, 0.2) is 0 Å². The summed E-state index contributed by atoms with van der Waals surface area (Å²) in [5.41, 5.74) is 10.9. The molecule has 27 heavy (non-hydrogen) atoms. The molecule has 0 aromatic rings. The van der Waals surface area contributed by atoms with Crippen LogP contribution in [0.15, 0.2) is 0 Å². The smallest absolute Gasteiger partial charge is 0.433 e. The monoisotopic (exact) mass is 387 g/mol. The maximum atomic E-state index is 11.7. The molecule has 0 saturated carbocycles. The molecule has 4 N–H and O–H groups in total. The Hall–Kier alpha value is -0.850. The SMILES string of the molecule is CCCCCCCCCCCCCCN(CCCN)OC(=O)OCCCN. The highest BCUT2D eigenvalue weighted by Gasteiger charge is 2.12. The Morgan fingerprint density at radius 1 is 0.704 bits per heavy atom. The predicted octanol–water partition coefficient (Wildman–Crippen LogP) is 4.76. The van der Waals surface area contributed by atoms with E-state index in [0.717, 1.165) is 19.4 Å². The van der Waals surface area contributed by atoms with Crippen LogP contribution in [0.5, 0.6) is 0 Å². The van der Waals surface area contributed by atoms with Gasteiger partial charge in [0.05, 0.1) is 6.61 Å². The highest BCUT2D eigenvalue weighted by atomic mass is 16.8. The Labute approximate surface area is 167 Å². The van der Waals surface area contributed by atoms with Gasteiger partial charge in [-0.25, -0.2) is 4.79 Å². The van der Waals surface area contributed by atoms with E-state index in [0.29, 0.717) is 32.7 Å². The molecule has 0 aromatic carbocycles. The summed E-state index contributed by atoms with van der Waals surface area (Å²) in [7, 11) is 0. The third-order valence-corrected chi connectivity index (χ3v) is 4.64. The van der Waals surface area contributed by atoms with E-state index in [1.54, 1.807) is 5.06 Å². The number of hydrogen-bond acceptors (Lipinski definition) is 6. The lowest BCUT2D eigenvalue weighted by molar-refractivity contribution is -0.129. The van der Waals surface area contributed by atoms with E-state index in [2.05, 4.69) is 6.92 Å².